The number of halogens is 1. The normalized spacial score (nSPS) is 18.0. The molecule has 1 heterocycles. The number of nitrogens with zero attached hydrogens (tertiary/aromatic N) is 1. The van der Waals surface area contributed by atoms with Crippen LogP contribution in [0.4, 0.5) is 5.69 Å². The second kappa shape index (κ2) is 9.17. The van der Waals surface area contributed by atoms with Gasteiger partial charge in [-0.3, -0.25) is 14.4 Å². The third-order valence-corrected chi connectivity index (χ3v) is 6.47. The maximum Gasteiger partial charge on any atom is 0.255 e. The SMILES string of the molecule is C=C1CCC(N2Cc3ccc(CNC(=O)CNc4ccc(C)c(Cl)c4)cc3C2=O)C(=O)C1. The molecule has 0 saturated heterocycles. The molecule has 1 unspecified atom stereocenters. The molecule has 2 aliphatic rings. The molecule has 0 bridgehead atoms. The number of aryl methyl sites for hydroxylation is 1. The molecule has 166 valence electrons. The van der Waals surface area contributed by atoms with Crippen LogP contribution in [0.3, 0.4) is 0 Å². The van der Waals surface area contributed by atoms with Gasteiger partial charge >= 0.3 is 0 Å². The molecule has 2 aromatic rings. The number of allylic oxidation sites excluding steroid dienone is 1. The predicted octanol–water partition coefficient (Wildman–Crippen LogP) is 4.01. The van der Waals surface area contributed by atoms with Crippen LogP contribution in [-0.4, -0.2) is 35.1 Å². The molecule has 1 atom stereocenters. The summed E-state index contributed by atoms with van der Waals surface area (Å²) in [6.45, 7) is 6.70. The molecule has 2 N–H and O–H groups in total. The Balaban J connectivity index is 1.33. The van der Waals surface area contributed by atoms with Crippen LogP contribution in [0.2, 0.25) is 5.02 Å². The van der Waals surface area contributed by atoms with Gasteiger partial charge in [-0.1, -0.05) is 42.0 Å². The minimum atomic E-state index is -0.370. The number of ketones is 1. The van der Waals surface area contributed by atoms with Gasteiger partial charge in [-0.2, -0.15) is 0 Å². The molecule has 1 aliphatic heterocycles. The molecule has 0 aromatic heterocycles. The Morgan fingerprint density at radius 3 is 2.78 bits per heavy atom. The summed E-state index contributed by atoms with van der Waals surface area (Å²) < 4.78 is 0. The van der Waals surface area contributed by atoms with Crippen LogP contribution in [0.1, 0.15) is 46.3 Å². The van der Waals surface area contributed by atoms with E-state index in [0.29, 0.717) is 36.5 Å². The van der Waals surface area contributed by atoms with Crippen molar-refractivity contribution in [2.75, 3.05) is 11.9 Å². The van der Waals surface area contributed by atoms with E-state index in [9.17, 15) is 14.4 Å². The monoisotopic (exact) mass is 451 g/mol. The van der Waals surface area contributed by atoms with Crippen molar-refractivity contribution in [3.05, 3.63) is 75.8 Å². The van der Waals surface area contributed by atoms with E-state index in [1.54, 1.807) is 11.0 Å². The first-order valence-electron chi connectivity index (χ1n) is 10.7. The van der Waals surface area contributed by atoms with Gasteiger partial charge in [-0.15, -0.1) is 0 Å². The van der Waals surface area contributed by atoms with Crippen molar-refractivity contribution >= 4 is 34.9 Å². The van der Waals surface area contributed by atoms with Crippen molar-refractivity contribution in [2.45, 2.75) is 45.3 Å². The molecule has 6 nitrogen and oxygen atoms in total. The van der Waals surface area contributed by atoms with Crippen LogP contribution in [0.15, 0.2) is 48.6 Å². The number of carbonyl (C=O) groups is 3. The number of anilines is 1. The Bertz CT molecular complexity index is 1110. The Morgan fingerprint density at radius 1 is 1.22 bits per heavy atom. The molecule has 2 aromatic carbocycles. The standard InChI is InChI=1S/C25H26ClN3O3/c1-15-3-8-22(23(30)9-15)29-14-18-6-5-17(10-20(18)25(29)32)12-28-24(31)13-27-19-7-4-16(2)21(26)11-19/h4-7,10-11,22,27H,1,3,8-9,12-14H2,2H3,(H,28,31). The number of carbonyl (C=O) groups excluding carboxylic acids is 3. The molecule has 4 rings (SSSR count). The molecule has 1 saturated carbocycles. The van der Waals surface area contributed by atoms with E-state index in [-0.39, 0.29) is 30.2 Å². The number of amides is 2. The largest absolute Gasteiger partial charge is 0.376 e. The molecule has 1 aliphatic carbocycles. The van der Waals surface area contributed by atoms with E-state index in [2.05, 4.69) is 17.2 Å². The van der Waals surface area contributed by atoms with Crippen molar-refractivity contribution in [1.29, 1.82) is 0 Å². The third-order valence-electron chi connectivity index (χ3n) is 6.06. The van der Waals surface area contributed by atoms with Gasteiger partial charge in [0.2, 0.25) is 5.91 Å². The molecule has 2 amide bonds. The number of rotatable bonds is 6. The minimum absolute atomic E-state index is 0.0669. The first-order valence-corrected chi connectivity index (χ1v) is 11.1. The highest BCUT2D eigenvalue weighted by molar-refractivity contribution is 6.31. The molecule has 0 radical (unpaired) electrons. The van der Waals surface area contributed by atoms with E-state index in [1.807, 2.05) is 37.3 Å². The minimum Gasteiger partial charge on any atom is -0.376 e. The average Bonchev–Trinajstić information content (AvgIpc) is 3.09. The van der Waals surface area contributed by atoms with Gasteiger partial charge < -0.3 is 15.5 Å². The lowest BCUT2D eigenvalue weighted by molar-refractivity contribution is -0.124. The van der Waals surface area contributed by atoms with Crippen molar-refractivity contribution in [3.63, 3.8) is 0 Å². The van der Waals surface area contributed by atoms with Gasteiger partial charge in [0.25, 0.3) is 5.91 Å². The molecule has 32 heavy (non-hydrogen) atoms. The van der Waals surface area contributed by atoms with Gasteiger partial charge in [0.1, 0.15) is 0 Å². The van der Waals surface area contributed by atoms with Gasteiger partial charge in [0, 0.05) is 35.8 Å². The Hall–Kier alpha value is -3.12. The zero-order valence-corrected chi connectivity index (χ0v) is 18.8. The Morgan fingerprint density at radius 2 is 2.03 bits per heavy atom. The van der Waals surface area contributed by atoms with Crippen LogP contribution >= 0.6 is 11.6 Å². The van der Waals surface area contributed by atoms with E-state index in [4.69, 9.17) is 11.6 Å². The van der Waals surface area contributed by atoms with Crippen molar-refractivity contribution < 1.29 is 14.4 Å². The highest BCUT2D eigenvalue weighted by Gasteiger charge is 2.37. The fourth-order valence-corrected chi connectivity index (χ4v) is 4.35. The first-order chi connectivity index (χ1) is 15.3. The predicted molar refractivity (Wildman–Crippen MR) is 125 cm³/mol. The van der Waals surface area contributed by atoms with Gasteiger partial charge in [-0.05, 0) is 54.7 Å². The number of fused-ring (bicyclic) bond motifs is 1. The van der Waals surface area contributed by atoms with Gasteiger partial charge in [0.15, 0.2) is 5.78 Å². The van der Waals surface area contributed by atoms with Crippen LogP contribution in [0.25, 0.3) is 0 Å². The van der Waals surface area contributed by atoms with E-state index in [1.165, 1.54) is 0 Å². The molecule has 1 fully saturated rings. The second-order valence-electron chi connectivity index (χ2n) is 8.47. The van der Waals surface area contributed by atoms with Crippen molar-refractivity contribution in [3.8, 4) is 0 Å². The quantitative estimate of drug-likeness (QED) is 0.650. The van der Waals surface area contributed by atoms with E-state index in [0.717, 1.165) is 34.4 Å². The van der Waals surface area contributed by atoms with E-state index >= 15 is 0 Å². The van der Waals surface area contributed by atoms with Crippen molar-refractivity contribution in [1.82, 2.24) is 10.2 Å². The average molecular weight is 452 g/mol. The summed E-state index contributed by atoms with van der Waals surface area (Å²) >= 11 is 6.11. The number of hydrogen-bond donors (Lipinski definition) is 2. The molecular weight excluding hydrogens is 426 g/mol. The third kappa shape index (κ3) is 4.70. The smallest absolute Gasteiger partial charge is 0.255 e. The first kappa shape index (κ1) is 22.1. The van der Waals surface area contributed by atoms with Crippen molar-refractivity contribution in [2.24, 2.45) is 0 Å². The zero-order valence-electron chi connectivity index (χ0n) is 18.0. The van der Waals surface area contributed by atoms with Crippen LogP contribution in [0, 0.1) is 6.92 Å². The molecular formula is C25H26ClN3O3. The van der Waals surface area contributed by atoms with Gasteiger partial charge in [-0.25, -0.2) is 0 Å². The number of Topliss-reactive ketones (excluding diaryl/α,β-unsaturated/α-hetero) is 1. The lowest BCUT2D eigenvalue weighted by Gasteiger charge is -2.30. The fourth-order valence-electron chi connectivity index (χ4n) is 4.16. The van der Waals surface area contributed by atoms with Crippen LogP contribution < -0.4 is 10.6 Å². The zero-order chi connectivity index (χ0) is 22.8. The molecule has 0 spiro atoms. The summed E-state index contributed by atoms with van der Waals surface area (Å²) in [7, 11) is 0. The number of hydrogen-bond acceptors (Lipinski definition) is 4. The summed E-state index contributed by atoms with van der Waals surface area (Å²) in [6, 6.07) is 10.8. The lowest BCUT2D eigenvalue weighted by atomic mass is 9.90. The maximum absolute atomic E-state index is 13.0. The Labute approximate surface area is 192 Å². The second-order valence-corrected chi connectivity index (χ2v) is 8.87. The Kier molecular flexibility index (Phi) is 6.33. The lowest BCUT2D eigenvalue weighted by Crippen LogP contribution is -2.43. The molecule has 7 heteroatoms. The summed E-state index contributed by atoms with van der Waals surface area (Å²) in [5.41, 5.74) is 5.06. The highest BCUT2D eigenvalue weighted by Crippen LogP contribution is 2.31. The highest BCUT2D eigenvalue weighted by atomic mass is 35.5. The summed E-state index contributed by atoms with van der Waals surface area (Å²) in [4.78, 5) is 39.3. The fraction of sp³-hybridized carbons (Fsp3) is 0.320. The van der Waals surface area contributed by atoms with Crippen LogP contribution in [0.5, 0.6) is 0 Å². The summed E-state index contributed by atoms with van der Waals surface area (Å²) in [5, 5.41) is 6.56. The maximum atomic E-state index is 13.0. The number of nitrogens with one attached hydrogen (secondary N) is 2. The van der Waals surface area contributed by atoms with Gasteiger partial charge in [0.05, 0.1) is 12.6 Å². The summed E-state index contributed by atoms with van der Waals surface area (Å²) in [6.07, 6.45) is 1.76. The number of benzene rings is 2. The van der Waals surface area contributed by atoms with Crippen LogP contribution in [-0.2, 0) is 22.7 Å². The summed E-state index contributed by atoms with van der Waals surface area (Å²) in [5.74, 6) is -0.211. The topological polar surface area (TPSA) is 78.5 Å². The van der Waals surface area contributed by atoms with E-state index < -0.39 is 0 Å².